The number of nitrogens with one attached hydrogen (secondary N) is 1. The van der Waals surface area contributed by atoms with E-state index < -0.39 is 0 Å². The van der Waals surface area contributed by atoms with E-state index in [0.29, 0.717) is 16.7 Å². The highest BCUT2D eigenvalue weighted by Crippen LogP contribution is 2.35. The molecule has 3 heterocycles. The quantitative estimate of drug-likeness (QED) is 0.586. The Hall–Kier alpha value is -2.09. The molecule has 152 valence electrons. The maximum atomic E-state index is 12.6. The molecule has 4 rings (SSSR count). The molecule has 3 aromatic rings. The molecular formula is C22H26N4OS2. The largest absolute Gasteiger partial charge is 0.298 e. The molecule has 0 bridgehead atoms. The van der Waals surface area contributed by atoms with Crippen LogP contribution in [0.25, 0.3) is 0 Å². The topological polar surface area (TPSA) is 58.1 Å². The standard InChI is InChI=1S/C22H26N4OS2/c1-22(2,3)16-8-6-15(7-9-16)20(27)25-21-24-18(13-28-21)19-5-4-10-26(19)12-17-11-23-14-29-17/h6-9,11,13-14,19H,4-5,10,12H2,1-3H3,(H,24,25,27). The molecule has 1 aliphatic heterocycles. The predicted molar refractivity (Wildman–Crippen MR) is 120 cm³/mol. The van der Waals surface area contributed by atoms with Gasteiger partial charge in [0.2, 0.25) is 0 Å². The van der Waals surface area contributed by atoms with E-state index in [-0.39, 0.29) is 11.3 Å². The number of aromatic nitrogens is 2. The van der Waals surface area contributed by atoms with E-state index in [2.05, 4.69) is 41.4 Å². The lowest BCUT2D eigenvalue weighted by molar-refractivity contribution is 0.102. The van der Waals surface area contributed by atoms with Gasteiger partial charge < -0.3 is 0 Å². The molecule has 5 nitrogen and oxygen atoms in total. The van der Waals surface area contributed by atoms with Crippen LogP contribution in [0.1, 0.15) is 66.1 Å². The Kier molecular flexibility index (Phi) is 5.81. The van der Waals surface area contributed by atoms with E-state index in [4.69, 9.17) is 4.98 Å². The summed E-state index contributed by atoms with van der Waals surface area (Å²) in [5, 5.41) is 5.70. The molecule has 1 saturated heterocycles. The molecule has 1 aliphatic rings. The van der Waals surface area contributed by atoms with Gasteiger partial charge in [0.25, 0.3) is 5.91 Å². The van der Waals surface area contributed by atoms with Crippen molar-refractivity contribution in [3.63, 3.8) is 0 Å². The second-order valence-corrected chi connectivity index (χ2v) is 10.3. The lowest BCUT2D eigenvalue weighted by Gasteiger charge is -2.22. The summed E-state index contributed by atoms with van der Waals surface area (Å²) in [6, 6.07) is 8.14. The summed E-state index contributed by atoms with van der Waals surface area (Å²) in [7, 11) is 0. The van der Waals surface area contributed by atoms with Gasteiger partial charge in [-0.05, 0) is 42.5 Å². The predicted octanol–water partition coefficient (Wildman–Crippen LogP) is 5.49. The van der Waals surface area contributed by atoms with Crippen LogP contribution in [0.3, 0.4) is 0 Å². The second-order valence-electron chi connectivity index (χ2n) is 8.46. The van der Waals surface area contributed by atoms with Crippen molar-refractivity contribution in [1.29, 1.82) is 0 Å². The number of benzene rings is 1. The average Bonchev–Trinajstić information content (AvgIpc) is 3.43. The maximum Gasteiger partial charge on any atom is 0.257 e. The number of likely N-dealkylation sites (tertiary alicyclic amines) is 1. The van der Waals surface area contributed by atoms with Gasteiger partial charge in [-0.3, -0.25) is 20.0 Å². The van der Waals surface area contributed by atoms with Gasteiger partial charge in [0.05, 0.1) is 17.2 Å². The lowest BCUT2D eigenvalue weighted by atomic mass is 9.87. The van der Waals surface area contributed by atoms with E-state index in [0.717, 1.165) is 25.2 Å². The number of hydrogen-bond donors (Lipinski definition) is 1. The second kappa shape index (κ2) is 8.34. The summed E-state index contributed by atoms with van der Waals surface area (Å²) in [4.78, 5) is 25.3. The highest BCUT2D eigenvalue weighted by Gasteiger charge is 2.28. The Balaban J connectivity index is 1.41. The highest BCUT2D eigenvalue weighted by atomic mass is 32.1. The Morgan fingerprint density at radius 2 is 2.03 bits per heavy atom. The molecule has 1 unspecified atom stereocenters. The minimum Gasteiger partial charge on any atom is -0.298 e. The molecule has 1 amide bonds. The summed E-state index contributed by atoms with van der Waals surface area (Å²) in [5.74, 6) is -0.112. The van der Waals surface area contributed by atoms with Crippen LogP contribution in [0, 0.1) is 0 Å². The SMILES string of the molecule is CC(C)(C)c1ccc(C(=O)Nc2nc(C3CCCN3Cc3cncs3)cs2)cc1. The number of hydrogen-bond acceptors (Lipinski definition) is 6. The van der Waals surface area contributed by atoms with Crippen molar-refractivity contribution in [3.05, 3.63) is 63.1 Å². The first kappa shape index (κ1) is 20.2. The van der Waals surface area contributed by atoms with Crippen LogP contribution in [-0.2, 0) is 12.0 Å². The molecule has 7 heteroatoms. The zero-order valence-electron chi connectivity index (χ0n) is 17.0. The van der Waals surface area contributed by atoms with Gasteiger partial charge >= 0.3 is 0 Å². The molecule has 1 N–H and O–H groups in total. The fraction of sp³-hybridized carbons (Fsp3) is 0.409. The molecule has 2 aromatic heterocycles. The number of carbonyl (C=O) groups excluding carboxylic acids is 1. The van der Waals surface area contributed by atoms with Gasteiger partial charge in [-0.1, -0.05) is 32.9 Å². The molecule has 29 heavy (non-hydrogen) atoms. The minimum absolute atomic E-state index is 0.0749. The number of nitrogens with zero attached hydrogens (tertiary/aromatic N) is 3. The Morgan fingerprint density at radius 1 is 1.24 bits per heavy atom. The van der Waals surface area contributed by atoms with Gasteiger partial charge in [-0.2, -0.15) is 0 Å². The number of anilines is 1. The highest BCUT2D eigenvalue weighted by molar-refractivity contribution is 7.14. The minimum atomic E-state index is -0.112. The maximum absolute atomic E-state index is 12.6. The molecule has 0 radical (unpaired) electrons. The van der Waals surface area contributed by atoms with E-state index in [1.54, 1.807) is 11.3 Å². The van der Waals surface area contributed by atoms with Crippen molar-refractivity contribution in [2.24, 2.45) is 0 Å². The van der Waals surface area contributed by atoms with Crippen LogP contribution in [0.2, 0.25) is 0 Å². The van der Waals surface area contributed by atoms with Crippen molar-refractivity contribution >= 4 is 33.7 Å². The summed E-state index contributed by atoms with van der Waals surface area (Å²) in [5.41, 5.74) is 4.88. The average molecular weight is 427 g/mol. The van der Waals surface area contributed by atoms with Crippen LogP contribution < -0.4 is 5.32 Å². The molecule has 1 fully saturated rings. The Labute approximate surface area is 179 Å². The number of thiazole rings is 2. The van der Waals surface area contributed by atoms with Crippen molar-refractivity contribution in [2.45, 2.75) is 51.6 Å². The van der Waals surface area contributed by atoms with Crippen LogP contribution in [0.5, 0.6) is 0 Å². The van der Waals surface area contributed by atoms with Gasteiger partial charge in [0, 0.05) is 28.6 Å². The normalized spacial score (nSPS) is 17.6. The first-order chi connectivity index (χ1) is 13.9. The molecule has 0 spiro atoms. The summed E-state index contributed by atoms with van der Waals surface area (Å²) < 4.78 is 0. The van der Waals surface area contributed by atoms with Crippen molar-refractivity contribution in [2.75, 3.05) is 11.9 Å². The smallest absolute Gasteiger partial charge is 0.257 e. The van der Waals surface area contributed by atoms with Crippen molar-refractivity contribution in [1.82, 2.24) is 14.9 Å². The van der Waals surface area contributed by atoms with Gasteiger partial charge in [0.15, 0.2) is 5.13 Å². The van der Waals surface area contributed by atoms with E-state index >= 15 is 0 Å². The van der Waals surface area contributed by atoms with Crippen LogP contribution in [0.4, 0.5) is 5.13 Å². The van der Waals surface area contributed by atoms with Crippen molar-refractivity contribution in [3.8, 4) is 0 Å². The first-order valence-corrected chi connectivity index (χ1v) is 11.6. The third-order valence-electron chi connectivity index (χ3n) is 5.30. The van der Waals surface area contributed by atoms with Gasteiger partial charge in [0.1, 0.15) is 0 Å². The summed E-state index contributed by atoms with van der Waals surface area (Å²) >= 11 is 3.19. The lowest BCUT2D eigenvalue weighted by Crippen LogP contribution is -2.22. The zero-order valence-corrected chi connectivity index (χ0v) is 18.6. The van der Waals surface area contributed by atoms with Crippen LogP contribution in [-0.4, -0.2) is 27.3 Å². The van der Waals surface area contributed by atoms with E-state index in [1.165, 1.54) is 28.2 Å². The third-order valence-corrected chi connectivity index (χ3v) is 6.84. The van der Waals surface area contributed by atoms with E-state index in [9.17, 15) is 4.79 Å². The molecule has 0 saturated carbocycles. The Bertz CT molecular complexity index is 958. The number of rotatable bonds is 5. The molecule has 0 aliphatic carbocycles. The first-order valence-electron chi connectivity index (χ1n) is 9.89. The molecule has 1 atom stereocenters. The summed E-state index contributed by atoms with van der Waals surface area (Å²) in [6.07, 6.45) is 4.21. The van der Waals surface area contributed by atoms with Crippen LogP contribution >= 0.6 is 22.7 Å². The molecule has 1 aromatic carbocycles. The monoisotopic (exact) mass is 426 g/mol. The van der Waals surface area contributed by atoms with Crippen molar-refractivity contribution < 1.29 is 4.79 Å². The zero-order chi connectivity index (χ0) is 20.4. The summed E-state index contributed by atoms with van der Waals surface area (Å²) in [6.45, 7) is 8.48. The van der Waals surface area contributed by atoms with Crippen LogP contribution in [0.15, 0.2) is 41.4 Å². The fourth-order valence-corrected chi connectivity index (χ4v) is 5.03. The molecular weight excluding hydrogens is 400 g/mol. The van der Waals surface area contributed by atoms with Gasteiger partial charge in [-0.15, -0.1) is 22.7 Å². The number of carbonyl (C=O) groups is 1. The van der Waals surface area contributed by atoms with Gasteiger partial charge in [-0.25, -0.2) is 4.98 Å². The van der Waals surface area contributed by atoms with E-state index in [1.807, 2.05) is 36.0 Å². The number of amides is 1. The third kappa shape index (κ3) is 4.74. The Morgan fingerprint density at radius 3 is 2.72 bits per heavy atom. The fourth-order valence-electron chi connectivity index (χ4n) is 3.66.